The fourth-order valence-corrected chi connectivity index (χ4v) is 2.76. The van der Waals surface area contributed by atoms with Gasteiger partial charge < -0.3 is 24.2 Å². The van der Waals surface area contributed by atoms with Gasteiger partial charge in [0, 0.05) is 52.0 Å². The number of hydrogen-bond acceptors (Lipinski definition) is 9. The number of methoxy groups -OCH3 is 2. The molecule has 26 heavy (non-hydrogen) atoms. The van der Waals surface area contributed by atoms with Gasteiger partial charge in [-0.05, 0) is 6.92 Å². The normalized spacial score (nSPS) is 14.3. The number of rotatable bonds is 5. The molecule has 1 aliphatic rings. The highest BCUT2D eigenvalue weighted by Gasteiger charge is 2.22. The van der Waals surface area contributed by atoms with Crippen LogP contribution in [0.1, 0.15) is 5.69 Å². The molecule has 0 atom stereocenters. The van der Waals surface area contributed by atoms with Gasteiger partial charge in [-0.1, -0.05) is 0 Å². The molecule has 1 saturated heterocycles. The Morgan fingerprint density at radius 2 is 1.31 bits per heavy atom. The first-order valence-electron chi connectivity index (χ1n) is 8.50. The van der Waals surface area contributed by atoms with Crippen molar-refractivity contribution in [1.29, 1.82) is 0 Å². The van der Waals surface area contributed by atoms with Gasteiger partial charge in [0.15, 0.2) is 0 Å². The number of nitrogens with zero attached hydrogens (tertiary/aromatic N) is 7. The van der Waals surface area contributed by atoms with Crippen LogP contribution in [0, 0.1) is 6.92 Å². The summed E-state index contributed by atoms with van der Waals surface area (Å²) in [6, 6.07) is 3.65. The van der Waals surface area contributed by atoms with Crippen molar-refractivity contribution in [3.63, 3.8) is 0 Å². The van der Waals surface area contributed by atoms with Crippen LogP contribution in [0.4, 0.5) is 17.7 Å². The Kier molecular flexibility index (Phi) is 5.24. The zero-order valence-corrected chi connectivity index (χ0v) is 15.9. The summed E-state index contributed by atoms with van der Waals surface area (Å²) in [4.78, 5) is 24.4. The number of ether oxygens (including phenoxy) is 2. The van der Waals surface area contributed by atoms with Gasteiger partial charge in [-0.15, -0.1) is 0 Å². The van der Waals surface area contributed by atoms with Crippen molar-refractivity contribution in [3.05, 3.63) is 17.8 Å². The van der Waals surface area contributed by atoms with Crippen molar-refractivity contribution < 1.29 is 9.47 Å². The van der Waals surface area contributed by atoms with E-state index in [4.69, 9.17) is 9.47 Å². The van der Waals surface area contributed by atoms with E-state index >= 15 is 0 Å². The molecule has 9 heteroatoms. The number of aromatic nitrogens is 4. The average Bonchev–Trinajstić information content (AvgIpc) is 2.67. The van der Waals surface area contributed by atoms with Gasteiger partial charge in [-0.25, -0.2) is 4.98 Å². The third kappa shape index (κ3) is 3.87. The minimum atomic E-state index is 0.493. The number of aryl methyl sites for hydroxylation is 1. The topological polar surface area (TPSA) is 79.7 Å². The van der Waals surface area contributed by atoms with Gasteiger partial charge in [-0.3, -0.25) is 0 Å². The lowest BCUT2D eigenvalue weighted by atomic mass is 10.3. The monoisotopic (exact) mass is 359 g/mol. The standard InChI is InChI=1S/C17H25N7O2/c1-12-10-13(22(2)3)19-16(18-12)23-6-8-24(9-7-23)17-20-14(25-4)11-15(21-17)26-5/h10-11H,6-9H2,1-5H3. The van der Waals surface area contributed by atoms with Gasteiger partial charge in [0.05, 0.1) is 20.3 Å². The molecular weight excluding hydrogens is 334 g/mol. The summed E-state index contributed by atoms with van der Waals surface area (Å²) in [5.74, 6) is 3.27. The molecule has 0 spiro atoms. The van der Waals surface area contributed by atoms with Gasteiger partial charge >= 0.3 is 0 Å². The Hall–Kier alpha value is -2.84. The van der Waals surface area contributed by atoms with Crippen molar-refractivity contribution in [2.45, 2.75) is 6.92 Å². The highest BCUT2D eigenvalue weighted by atomic mass is 16.5. The van der Waals surface area contributed by atoms with Gasteiger partial charge in [0.2, 0.25) is 23.7 Å². The summed E-state index contributed by atoms with van der Waals surface area (Å²) in [7, 11) is 7.13. The molecule has 1 fully saturated rings. The van der Waals surface area contributed by atoms with Gasteiger partial charge in [0.1, 0.15) is 5.82 Å². The van der Waals surface area contributed by atoms with E-state index in [9.17, 15) is 0 Å². The largest absolute Gasteiger partial charge is 0.481 e. The molecule has 0 saturated carbocycles. The van der Waals surface area contributed by atoms with Crippen molar-refractivity contribution in [1.82, 2.24) is 19.9 Å². The zero-order valence-electron chi connectivity index (χ0n) is 15.9. The van der Waals surface area contributed by atoms with Crippen LogP contribution in [0.15, 0.2) is 12.1 Å². The van der Waals surface area contributed by atoms with E-state index in [1.54, 1.807) is 20.3 Å². The third-order valence-electron chi connectivity index (χ3n) is 4.22. The second-order valence-corrected chi connectivity index (χ2v) is 6.29. The van der Waals surface area contributed by atoms with Crippen LogP contribution in [-0.2, 0) is 0 Å². The molecule has 0 amide bonds. The minimum absolute atomic E-state index is 0.493. The molecule has 140 valence electrons. The van der Waals surface area contributed by atoms with E-state index in [0.717, 1.165) is 43.6 Å². The Bertz CT molecular complexity index is 729. The summed E-state index contributed by atoms with van der Waals surface area (Å²) in [5, 5.41) is 0. The van der Waals surface area contributed by atoms with Gasteiger partial charge in [-0.2, -0.15) is 15.0 Å². The van der Waals surface area contributed by atoms with Crippen LogP contribution in [0.2, 0.25) is 0 Å². The number of hydrogen-bond donors (Lipinski definition) is 0. The number of piperazine rings is 1. The molecule has 1 aliphatic heterocycles. The Morgan fingerprint density at radius 1 is 0.808 bits per heavy atom. The maximum Gasteiger partial charge on any atom is 0.232 e. The fourth-order valence-electron chi connectivity index (χ4n) is 2.76. The maximum absolute atomic E-state index is 5.23. The maximum atomic E-state index is 5.23. The second kappa shape index (κ2) is 7.59. The predicted octanol–water partition coefficient (Wildman–Crippen LogP) is 0.985. The smallest absolute Gasteiger partial charge is 0.232 e. The average molecular weight is 359 g/mol. The van der Waals surface area contributed by atoms with E-state index < -0.39 is 0 Å². The molecule has 0 N–H and O–H groups in total. The van der Waals surface area contributed by atoms with Crippen LogP contribution in [0.25, 0.3) is 0 Å². The molecular formula is C17H25N7O2. The molecule has 0 bridgehead atoms. The van der Waals surface area contributed by atoms with Gasteiger partial charge in [0.25, 0.3) is 0 Å². The van der Waals surface area contributed by atoms with E-state index in [1.165, 1.54) is 0 Å². The Balaban J connectivity index is 1.74. The molecule has 0 radical (unpaired) electrons. The van der Waals surface area contributed by atoms with Crippen molar-refractivity contribution in [3.8, 4) is 11.8 Å². The molecule has 3 rings (SSSR count). The quantitative estimate of drug-likeness (QED) is 0.776. The SMILES string of the molecule is COc1cc(OC)nc(N2CCN(c3nc(C)cc(N(C)C)n3)CC2)n1. The van der Waals surface area contributed by atoms with E-state index in [-0.39, 0.29) is 0 Å². The summed E-state index contributed by atoms with van der Waals surface area (Å²) >= 11 is 0. The summed E-state index contributed by atoms with van der Waals surface area (Å²) < 4.78 is 10.5. The molecule has 9 nitrogen and oxygen atoms in total. The van der Waals surface area contributed by atoms with Crippen LogP contribution in [-0.4, -0.2) is 74.4 Å². The number of anilines is 3. The highest BCUT2D eigenvalue weighted by Crippen LogP contribution is 2.22. The first-order chi connectivity index (χ1) is 12.5. The lowest BCUT2D eigenvalue weighted by Gasteiger charge is -2.35. The van der Waals surface area contributed by atoms with E-state index in [2.05, 4.69) is 29.7 Å². The summed E-state index contributed by atoms with van der Waals surface area (Å²) in [5.41, 5.74) is 0.960. The van der Waals surface area contributed by atoms with Crippen LogP contribution in [0.3, 0.4) is 0 Å². The zero-order chi connectivity index (χ0) is 18.7. The molecule has 0 unspecified atom stereocenters. The van der Waals surface area contributed by atoms with E-state index in [1.807, 2.05) is 32.0 Å². The van der Waals surface area contributed by atoms with Crippen LogP contribution in [0.5, 0.6) is 11.8 Å². The van der Waals surface area contributed by atoms with Crippen LogP contribution >= 0.6 is 0 Å². The lowest BCUT2D eigenvalue weighted by molar-refractivity contribution is 0.371. The molecule has 0 aliphatic carbocycles. The third-order valence-corrected chi connectivity index (χ3v) is 4.22. The summed E-state index contributed by atoms with van der Waals surface area (Å²) in [6.45, 7) is 5.11. The van der Waals surface area contributed by atoms with Crippen LogP contribution < -0.4 is 24.2 Å². The Labute approximate surface area is 153 Å². The predicted molar refractivity (Wildman–Crippen MR) is 101 cm³/mol. The minimum Gasteiger partial charge on any atom is -0.481 e. The fraction of sp³-hybridized carbons (Fsp3) is 0.529. The first kappa shape index (κ1) is 18.0. The Morgan fingerprint density at radius 3 is 1.77 bits per heavy atom. The molecule has 2 aromatic rings. The van der Waals surface area contributed by atoms with Crippen molar-refractivity contribution in [2.75, 3.05) is 69.2 Å². The van der Waals surface area contributed by atoms with E-state index in [0.29, 0.717) is 17.7 Å². The van der Waals surface area contributed by atoms with Crippen molar-refractivity contribution >= 4 is 17.7 Å². The highest BCUT2D eigenvalue weighted by molar-refractivity contribution is 5.46. The summed E-state index contributed by atoms with van der Waals surface area (Å²) in [6.07, 6.45) is 0. The first-order valence-corrected chi connectivity index (χ1v) is 8.50. The van der Waals surface area contributed by atoms with Crippen molar-refractivity contribution in [2.24, 2.45) is 0 Å². The lowest BCUT2D eigenvalue weighted by Crippen LogP contribution is -2.47. The second-order valence-electron chi connectivity index (χ2n) is 6.29. The molecule has 3 heterocycles. The molecule has 0 aromatic carbocycles. The molecule has 2 aromatic heterocycles.